The molecule has 26 heavy (non-hydrogen) atoms. The number of carbonyl (C=O) groups excluding carboxylic acids is 2. The molecule has 1 atom stereocenters. The van der Waals surface area contributed by atoms with E-state index in [-0.39, 0.29) is 29.9 Å². The number of halogens is 1. The van der Waals surface area contributed by atoms with Gasteiger partial charge in [-0.1, -0.05) is 0 Å². The number of nitrogens with one attached hydrogen (secondary N) is 1. The summed E-state index contributed by atoms with van der Waals surface area (Å²) in [5.74, 6) is -0.509. The Morgan fingerprint density at radius 2 is 2.08 bits per heavy atom. The molecule has 1 unspecified atom stereocenters. The molecule has 3 N–H and O–H groups in total. The Morgan fingerprint density at radius 3 is 2.62 bits per heavy atom. The molecule has 1 fully saturated rings. The van der Waals surface area contributed by atoms with Gasteiger partial charge in [-0.2, -0.15) is 0 Å². The number of aryl methyl sites for hydroxylation is 1. The van der Waals surface area contributed by atoms with E-state index in [1.165, 1.54) is 23.1 Å². The molecule has 1 saturated heterocycles. The number of nitro groups is 1. The highest BCUT2D eigenvalue weighted by Crippen LogP contribution is 2.24. The second-order valence-electron chi connectivity index (χ2n) is 7.12. The van der Waals surface area contributed by atoms with E-state index in [9.17, 15) is 19.7 Å². The van der Waals surface area contributed by atoms with Gasteiger partial charge in [-0.25, -0.2) is 0 Å². The summed E-state index contributed by atoms with van der Waals surface area (Å²) in [5, 5.41) is 13.7. The summed E-state index contributed by atoms with van der Waals surface area (Å²) in [6.07, 6.45) is 1.33. The van der Waals surface area contributed by atoms with Gasteiger partial charge in [-0.3, -0.25) is 19.7 Å². The fourth-order valence-corrected chi connectivity index (χ4v) is 2.87. The van der Waals surface area contributed by atoms with Crippen LogP contribution in [0.15, 0.2) is 18.2 Å². The van der Waals surface area contributed by atoms with Crippen LogP contribution in [0.4, 0.5) is 5.69 Å². The predicted octanol–water partition coefficient (Wildman–Crippen LogP) is 1.78. The van der Waals surface area contributed by atoms with Gasteiger partial charge in [0.15, 0.2) is 0 Å². The molecule has 1 heterocycles. The first kappa shape index (κ1) is 21.9. The van der Waals surface area contributed by atoms with Gasteiger partial charge < -0.3 is 16.0 Å². The smallest absolute Gasteiger partial charge is 0.272 e. The molecule has 1 aliphatic heterocycles. The van der Waals surface area contributed by atoms with Crippen LogP contribution in [0.5, 0.6) is 0 Å². The summed E-state index contributed by atoms with van der Waals surface area (Å²) in [6, 6.07) is 3.72. The van der Waals surface area contributed by atoms with E-state index < -0.39 is 16.5 Å². The zero-order chi connectivity index (χ0) is 18.8. The standard InChI is InChI=1S/C17H24N4O4.ClH/c1-11-9-12(6-7-13(11)21(24)25)16(23)20-8-4-5-14(20)15(22)19-10-17(2,3)18;/h6-7,9,14H,4-5,8,10,18H2,1-3H3,(H,19,22);1H. The van der Waals surface area contributed by atoms with Gasteiger partial charge in [0.2, 0.25) is 5.91 Å². The number of nitrogens with zero attached hydrogens (tertiary/aromatic N) is 2. The second kappa shape index (κ2) is 8.46. The van der Waals surface area contributed by atoms with Crippen molar-refractivity contribution in [2.45, 2.75) is 45.2 Å². The lowest BCUT2D eigenvalue weighted by Crippen LogP contribution is -2.51. The van der Waals surface area contributed by atoms with Gasteiger partial charge in [-0.15, -0.1) is 12.4 Å². The van der Waals surface area contributed by atoms with Crippen molar-refractivity contribution in [3.05, 3.63) is 39.4 Å². The molecule has 0 saturated carbocycles. The lowest BCUT2D eigenvalue weighted by molar-refractivity contribution is -0.385. The molecular weight excluding hydrogens is 360 g/mol. The molecule has 0 aromatic heterocycles. The van der Waals surface area contributed by atoms with Crippen molar-refractivity contribution < 1.29 is 14.5 Å². The molecule has 1 aliphatic rings. The lowest BCUT2D eigenvalue weighted by atomic mass is 10.1. The summed E-state index contributed by atoms with van der Waals surface area (Å²) in [6.45, 7) is 6.02. The average molecular weight is 385 g/mol. The molecule has 0 spiro atoms. The zero-order valence-electron chi connectivity index (χ0n) is 15.2. The normalized spacial score (nSPS) is 16.8. The van der Waals surface area contributed by atoms with Crippen LogP contribution in [0, 0.1) is 17.0 Å². The van der Waals surface area contributed by atoms with Crippen molar-refractivity contribution in [1.82, 2.24) is 10.2 Å². The topological polar surface area (TPSA) is 119 Å². The minimum absolute atomic E-state index is 0. The molecule has 2 amide bonds. The maximum atomic E-state index is 12.7. The van der Waals surface area contributed by atoms with Gasteiger partial charge in [0.1, 0.15) is 6.04 Å². The molecule has 144 valence electrons. The number of carbonyl (C=O) groups is 2. The highest BCUT2D eigenvalue weighted by molar-refractivity contribution is 5.98. The first-order chi connectivity index (χ1) is 11.6. The summed E-state index contributed by atoms with van der Waals surface area (Å²) < 4.78 is 0. The third kappa shape index (κ3) is 5.15. The summed E-state index contributed by atoms with van der Waals surface area (Å²) >= 11 is 0. The van der Waals surface area contributed by atoms with Gasteiger partial charge in [-0.05, 0) is 45.7 Å². The maximum Gasteiger partial charge on any atom is 0.272 e. The van der Waals surface area contributed by atoms with E-state index in [2.05, 4.69) is 5.32 Å². The van der Waals surface area contributed by atoms with Crippen molar-refractivity contribution in [3.8, 4) is 0 Å². The Labute approximate surface area is 158 Å². The number of hydrogen-bond acceptors (Lipinski definition) is 5. The Morgan fingerprint density at radius 1 is 1.42 bits per heavy atom. The molecule has 0 aliphatic carbocycles. The fourth-order valence-electron chi connectivity index (χ4n) is 2.87. The third-order valence-electron chi connectivity index (χ3n) is 4.17. The summed E-state index contributed by atoms with van der Waals surface area (Å²) in [4.78, 5) is 37.1. The Bertz CT molecular complexity index is 702. The number of likely N-dealkylation sites (tertiary alicyclic amines) is 1. The van der Waals surface area contributed by atoms with Crippen LogP contribution in [0.1, 0.15) is 42.6 Å². The van der Waals surface area contributed by atoms with Crippen LogP contribution >= 0.6 is 12.4 Å². The van der Waals surface area contributed by atoms with E-state index >= 15 is 0 Å². The lowest BCUT2D eigenvalue weighted by Gasteiger charge is -2.26. The largest absolute Gasteiger partial charge is 0.352 e. The van der Waals surface area contributed by atoms with Crippen LogP contribution in [-0.2, 0) is 4.79 Å². The Kier molecular flexibility index (Phi) is 7.11. The zero-order valence-corrected chi connectivity index (χ0v) is 16.0. The SMILES string of the molecule is Cc1cc(C(=O)N2CCCC2C(=O)NCC(C)(C)N)ccc1[N+](=O)[O-].Cl. The van der Waals surface area contributed by atoms with Crippen LogP contribution in [0.25, 0.3) is 0 Å². The molecule has 0 bridgehead atoms. The molecule has 1 aromatic carbocycles. The number of hydrogen-bond donors (Lipinski definition) is 2. The predicted molar refractivity (Wildman–Crippen MR) is 100 cm³/mol. The van der Waals surface area contributed by atoms with E-state index in [1.807, 2.05) is 13.8 Å². The summed E-state index contributed by atoms with van der Waals surface area (Å²) in [7, 11) is 0. The maximum absolute atomic E-state index is 12.7. The van der Waals surface area contributed by atoms with Gasteiger partial charge in [0.25, 0.3) is 11.6 Å². The molecule has 9 heteroatoms. The monoisotopic (exact) mass is 384 g/mol. The molecule has 8 nitrogen and oxygen atoms in total. The van der Waals surface area contributed by atoms with Gasteiger partial charge in [0, 0.05) is 35.8 Å². The number of benzene rings is 1. The average Bonchev–Trinajstić information content (AvgIpc) is 3.00. The van der Waals surface area contributed by atoms with Crippen LogP contribution < -0.4 is 11.1 Å². The molecule has 1 aromatic rings. The number of amides is 2. The first-order valence-electron chi connectivity index (χ1n) is 8.23. The minimum Gasteiger partial charge on any atom is -0.352 e. The van der Waals surface area contributed by atoms with E-state index in [0.717, 1.165) is 6.42 Å². The minimum atomic E-state index is -0.537. The third-order valence-corrected chi connectivity index (χ3v) is 4.17. The van der Waals surface area contributed by atoms with Crippen LogP contribution in [-0.4, -0.2) is 46.3 Å². The second-order valence-corrected chi connectivity index (χ2v) is 7.12. The highest BCUT2D eigenvalue weighted by atomic mass is 35.5. The number of rotatable bonds is 5. The van der Waals surface area contributed by atoms with Gasteiger partial charge in [0.05, 0.1) is 4.92 Å². The van der Waals surface area contributed by atoms with E-state index in [4.69, 9.17) is 5.73 Å². The van der Waals surface area contributed by atoms with Crippen molar-refractivity contribution in [2.24, 2.45) is 5.73 Å². The van der Waals surface area contributed by atoms with Crippen LogP contribution in [0.2, 0.25) is 0 Å². The van der Waals surface area contributed by atoms with Crippen molar-refractivity contribution >= 4 is 29.9 Å². The van der Waals surface area contributed by atoms with Crippen molar-refractivity contribution in [1.29, 1.82) is 0 Å². The first-order valence-corrected chi connectivity index (χ1v) is 8.23. The van der Waals surface area contributed by atoms with Crippen molar-refractivity contribution in [3.63, 3.8) is 0 Å². The van der Waals surface area contributed by atoms with E-state index in [0.29, 0.717) is 30.6 Å². The quantitative estimate of drug-likeness (QED) is 0.592. The number of nitro benzene ring substituents is 1. The molecular formula is C17H25ClN4O4. The molecule has 0 radical (unpaired) electrons. The Balaban J connectivity index is 0.00000338. The molecule has 2 rings (SSSR count). The van der Waals surface area contributed by atoms with Crippen molar-refractivity contribution in [2.75, 3.05) is 13.1 Å². The number of nitrogens with two attached hydrogens (primary N) is 1. The Hall–Kier alpha value is -2.19. The highest BCUT2D eigenvalue weighted by Gasteiger charge is 2.35. The fraction of sp³-hybridized carbons (Fsp3) is 0.529. The van der Waals surface area contributed by atoms with Gasteiger partial charge >= 0.3 is 0 Å². The van der Waals surface area contributed by atoms with E-state index in [1.54, 1.807) is 6.92 Å². The summed E-state index contributed by atoms with van der Waals surface area (Å²) in [5.41, 5.74) is 6.08. The van der Waals surface area contributed by atoms with Crippen LogP contribution in [0.3, 0.4) is 0 Å².